The van der Waals surface area contributed by atoms with Crippen molar-refractivity contribution in [2.45, 2.75) is 33.2 Å². The van der Waals surface area contributed by atoms with Crippen LogP contribution in [0.1, 0.15) is 32.4 Å². The van der Waals surface area contributed by atoms with Crippen LogP contribution in [0.3, 0.4) is 0 Å². The Morgan fingerprint density at radius 3 is 2.30 bits per heavy atom. The first-order valence-corrected chi connectivity index (χ1v) is 9.13. The molecule has 0 aliphatic heterocycles. The average molecular weight is 365 g/mol. The third-order valence-corrected chi connectivity index (χ3v) is 5.17. The molecule has 27 heavy (non-hydrogen) atoms. The van der Waals surface area contributed by atoms with Gasteiger partial charge in [0.25, 0.3) is 5.56 Å². The van der Waals surface area contributed by atoms with Gasteiger partial charge in [0.1, 0.15) is 0 Å². The summed E-state index contributed by atoms with van der Waals surface area (Å²) in [6.07, 6.45) is 2.93. The van der Waals surface area contributed by atoms with Crippen molar-refractivity contribution in [3.05, 3.63) is 56.9 Å². The van der Waals surface area contributed by atoms with E-state index in [9.17, 15) is 9.59 Å². The van der Waals surface area contributed by atoms with Crippen LogP contribution < -0.4 is 11.2 Å². The number of benzene rings is 1. The predicted molar refractivity (Wildman–Crippen MR) is 106 cm³/mol. The smallest absolute Gasteiger partial charge is 0.307 e. The summed E-state index contributed by atoms with van der Waals surface area (Å²) in [6, 6.07) is 8.58. The lowest BCUT2D eigenvalue weighted by Crippen LogP contribution is -2.37. The largest absolute Gasteiger partial charge is 0.332 e. The van der Waals surface area contributed by atoms with Crippen LogP contribution in [0.25, 0.3) is 28.2 Å². The number of hydrogen-bond acceptors (Lipinski definition) is 3. The lowest BCUT2D eigenvalue weighted by molar-refractivity contribution is 0.621. The Morgan fingerprint density at radius 1 is 1.04 bits per heavy atom. The molecule has 0 spiro atoms. The molecule has 4 aromatic rings. The molecule has 0 radical (unpaired) electrons. The molecule has 0 fully saturated rings. The summed E-state index contributed by atoms with van der Waals surface area (Å²) in [7, 11) is 3.13. The van der Waals surface area contributed by atoms with Gasteiger partial charge in [-0.1, -0.05) is 31.2 Å². The summed E-state index contributed by atoms with van der Waals surface area (Å²) in [5.74, 6) is 0.660. The highest BCUT2D eigenvalue weighted by Crippen LogP contribution is 2.28. The van der Waals surface area contributed by atoms with E-state index in [2.05, 4.69) is 54.6 Å². The summed E-state index contributed by atoms with van der Waals surface area (Å²) in [6.45, 7) is 6.30. The lowest BCUT2D eigenvalue weighted by Gasteiger charge is -2.12. The first-order valence-electron chi connectivity index (χ1n) is 9.13. The monoisotopic (exact) mass is 365 g/mol. The highest BCUT2D eigenvalue weighted by Gasteiger charge is 2.21. The van der Waals surface area contributed by atoms with E-state index in [0.717, 1.165) is 22.2 Å². The molecule has 0 bridgehead atoms. The molecule has 0 aliphatic carbocycles. The summed E-state index contributed by atoms with van der Waals surface area (Å²) in [5.41, 5.74) is 3.45. The first-order chi connectivity index (χ1) is 12.8. The second kappa shape index (κ2) is 5.97. The van der Waals surface area contributed by atoms with Crippen molar-refractivity contribution in [1.82, 2.24) is 23.1 Å². The second-order valence-corrected chi connectivity index (χ2v) is 7.19. The lowest BCUT2D eigenvalue weighted by atomic mass is 10.1. The molecule has 140 valence electrons. The third-order valence-electron chi connectivity index (χ3n) is 5.17. The summed E-state index contributed by atoms with van der Waals surface area (Å²) >= 11 is 0. The number of rotatable bonds is 3. The maximum atomic E-state index is 12.8. The summed E-state index contributed by atoms with van der Waals surface area (Å²) in [5, 5.41) is 0. The standard InChI is InChI=1S/C20H23N5O2/c1-6-13-7-9-14(10-8-13)15-11-24-16-17(21-19(24)25(15)12(2)3)22(4)20(27)23(5)18(16)26/h7-12H,6H2,1-5H3. The fraction of sp³-hybridized carbons (Fsp3) is 0.350. The van der Waals surface area contributed by atoms with E-state index < -0.39 is 0 Å². The Hall–Kier alpha value is -3.09. The highest BCUT2D eigenvalue weighted by molar-refractivity contribution is 5.78. The van der Waals surface area contributed by atoms with E-state index in [1.165, 1.54) is 17.2 Å². The molecule has 3 heterocycles. The first kappa shape index (κ1) is 17.3. The van der Waals surface area contributed by atoms with Crippen molar-refractivity contribution in [1.29, 1.82) is 0 Å². The third kappa shape index (κ3) is 2.38. The van der Waals surface area contributed by atoms with Crippen LogP contribution in [0.5, 0.6) is 0 Å². The Labute approximate surface area is 156 Å². The quantitative estimate of drug-likeness (QED) is 0.560. The van der Waals surface area contributed by atoms with Gasteiger partial charge in [-0.15, -0.1) is 0 Å². The maximum absolute atomic E-state index is 12.8. The van der Waals surface area contributed by atoms with Crippen molar-refractivity contribution in [2.24, 2.45) is 14.1 Å². The molecular weight excluding hydrogens is 342 g/mol. The van der Waals surface area contributed by atoms with E-state index >= 15 is 0 Å². The van der Waals surface area contributed by atoms with Gasteiger partial charge in [-0.25, -0.2) is 4.79 Å². The zero-order chi connectivity index (χ0) is 19.5. The van der Waals surface area contributed by atoms with Crippen molar-refractivity contribution < 1.29 is 0 Å². The van der Waals surface area contributed by atoms with Gasteiger partial charge in [-0.05, 0) is 31.4 Å². The van der Waals surface area contributed by atoms with Gasteiger partial charge in [0, 0.05) is 26.3 Å². The number of fused-ring (bicyclic) bond motifs is 3. The molecule has 7 heteroatoms. The highest BCUT2D eigenvalue weighted by atomic mass is 16.2. The Bertz CT molecular complexity index is 1280. The predicted octanol–water partition coefficient (Wildman–Crippen LogP) is 2.50. The molecule has 3 aromatic heterocycles. The fourth-order valence-electron chi connectivity index (χ4n) is 3.62. The van der Waals surface area contributed by atoms with E-state index in [-0.39, 0.29) is 17.3 Å². The molecule has 0 amide bonds. The van der Waals surface area contributed by atoms with Gasteiger partial charge >= 0.3 is 5.69 Å². The molecule has 0 aliphatic rings. The minimum Gasteiger partial charge on any atom is -0.307 e. The zero-order valence-electron chi connectivity index (χ0n) is 16.2. The van der Waals surface area contributed by atoms with Crippen LogP contribution in [0.2, 0.25) is 0 Å². The minimum atomic E-state index is -0.375. The number of nitrogens with zero attached hydrogens (tertiary/aromatic N) is 5. The van der Waals surface area contributed by atoms with Crippen molar-refractivity contribution >= 4 is 16.9 Å². The van der Waals surface area contributed by atoms with Crippen LogP contribution in [0.4, 0.5) is 0 Å². The van der Waals surface area contributed by atoms with E-state index in [0.29, 0.717) is 16.9 Å². The summed E-state index contributed by atoms with van der Waals surface area (Å²) in [4.78, 5) is 29.7. The van der Waals surface area contributed by atoms with E-state index in [4.69, 9.17) is 0 Å². The zero-order valence-corrected chi connectivity index (χ0v) is 16.2. The van der Waals surface area contributed by atoms with Gasteiger partial charge in [-0.2, -0.15) is 4.98 Å². The van der Waals surface area contributed by atoms with Gasteiger partial charge in [0.15, 0.2) is 11.2 Å². The molecule has 1 aromatic carbocycles. The van der Waals surface area contributed by atoms with Gasteiger partial charge in [0.05, 0.1) is 5.69 Å². The number of aryl methyl sites for hydroxylation is 2. The van der Waals surface area contributed by atoms with Crippen LogP contribution in [-0.4, -0.2) is 23.1 Å². The SMILES string of the molecule is CCc1ccc(-c2cn3c4c(=O)n(C)c(=O)n(C)c4nc3n2C(C)C)cc1. The Morgan fingerprint density at radius 2 is 1.70 bits per heavy atom. The summed E-state index contributed by atoms with van der Waals surface area (Å²) < 4.78 is 6.45. The minimum absolute atomic E-state index is 0.140. The molecule has 0 saturated carbocycles. The van der Waals surface area contributed by atoms with Crippen molar-refractivity contribution in [3.8, 4) is 11.3 Å². The van der Waals surface area contributed by atoms with E-state index in [1.54, 1.807) is 11.4 Å². The molecular formula is C20H23N5O2. The van der Waals surface area contributed by atoms with Gasteiger partial charge in [0.2, 0.25) is 5.78 Å². The van der Waals surface area contributed by atoms with Crippen molar-refractivity contribution in [3.63, 3.8) is 0 Å². The van der Waals surface area contributed by atoms with Crippen LogP contribution in [0, 0.1) is 0 Å². The number of hydrogen-bond donors (Lipinski definition) is 0. The molecule has 4 rings (SSSR count). The maximum Gasteiger partial charge on any atom is 0.332 e. The van der Waals surface area contributed by atoms with Gasteiger partial charge < -0.3 is 4.57 Å². The van der Waals surface area contributed by atoms with Crippen LogP contribution in [-0.2, 0) is 20.5 Å². The Balaban J connectivity index is 2.11. The number of aromatic nitrogens is 5. The molecule has 0 unspecified atom stereocenters. The average Bonchev–Trinajstić information content (AvgIpc) is 3.20. The topological polar surface area (TPSA) is 66.2 Å². The van der Waals surface area contributed by atoms with Gasteiger partial charge in [-0.3, -0.25) is 18.3 Å². The number of imidazole rings is 2. The van der Waals surface area contributed by atoms with Crippen LogP contribution in [0.15, 0.2) is 40.1 Å². The van der Waals surface area contributed by atoms with Crippen molar-refractivity contribution in [2.75, 3.05) is 0 Å². The van der Waals surface area contributed by atoms with Crippen LogP contribution >= 0.6 is 0 Å². The molecule has 0 N–H and O–H groups in total. The molecule has 0 atom stereocenters. The molecule has 7 nitrogen and oxygen atoms in total. The molecule has 0 saturated heterocycles. The second-order valence-electron chi connectivity index (χ2n) is 7.19. The normalized spacial score (nSPS) is 11.9. The van der Waals surface area contributed by atoms with E-state index in [1.807, 2.05) is 6.20 Å². The fourth-order valence-corrected chi connectivity index (χ4v) is 3.62. The Kier molecular flexibility index (Phi) is 3.83.